The van der Waals surface area contributed by atoms with E-state index in [1.165, 1.54) is 12.1 Å². The molecule has 0 aliphatic heterocycles. The molecule has 0 bridgehead atoms. The van der Waals surface area contributed by atoms with Crippen molar-refractivity contribution in [2.24, 2.45) is 5.10 Å². The van der Waals surface area contributed by atoms with E-state index >= 15 is 0 Å². The molecule has 2 rings (SSSR count). The third-order valence-corrected chi connectivity index (χ3v) is 2.62. The summed E-state index contributed by atoms with van der Waals surface area (Å²) in [4.78, 5) is 11.6. The molecule has 0 fully saturated rings. The molecule has 2 N–H and O–H groups in total. The fourth-order valence-corrected chi connectivity index (χ4v) is 1.57. The zero-order valence-electron chi connectivity index (χ0n) is 10.9. The second kappa shape index (κ2) is 6.47. The number of benzene rings is 2. The first-order valence-corrected chi connectivity index (χ1v) is 6.07. The van der Waals surface area contributed by atoms with Gasteiger partial charge in [-0.3, -0.25) is 0 Å². The summed E-state index contributed by atoms with van der Waals surface area (Å²) in [5.41, 5.74) is 4.40. The highest BCUT2D eigenvalue weighted by molar-refractivity contribution is 5.99. The van der Waals surface area contributed by atoms with Gasteiger partial charge in [-0.15, -0.1) is 0 Å². The molecule has 0 aliphatic carbocycles. The number of rotatable bonds is 3. The predicted molar refractivity (Wildman–Crippen MR) is 77.2 cm³/mol. The number of anilines is 1. The van der Waals surface area contributed by atoms with Crippen LogP contribution in [-0.4, -0.2) is 11.7 Å². The van der Waals surface area contributed by atoms with Gasteiger partial charge in [-0.2, -0.15) is 5.10 Å². The number of nitrogens with one attached hydrogen (secondary N) is 2. The van der Waals surface area contributed by atoms with Crippen molar-refractivity contribution in [2.75, 3.05) is 5.32 Å². The first kappa shape index (κ1) is 13.7. The van der Waals surface area contributed by atoms with Crippen LogP contribution in [0.5, 0.6) is 0 Å². The molecule has 0 atom stereocenters. The number of hydrazone groups is 1. The molecule has 0 unspecified atom stereocenters. The van der Waals surface area contributed by atoms with Crippen molar-refractivity contribution in [2.45, 2.75) is 6.92 Å². The molecule has 2 amide bonds. The van der Waals surface area contributed by atoms with Crippen molar-refractivity contribution in [3.63, 3.8) is 0 Å². The van der Waals surface area contributed by atoms with Crippen molar-refractivity contribution < 1.29 is 9.18 Å². The fourth-order valence-electron chi connectivity index (χ4n) is 1.57. The maximum Gasteiger partial charge on any atom is 0.339 e. The maximum absolute atomic E-state index is 12.8. The lowest BCUT2D eigenvalue weighted by Gasteiger charge is -2.05. The van der Waals surface area contributed by atoms with E-state index in [1.54, 1.807) is 31.2 Å². The van der Waals surface area contributed by atoms with Crippen molar-refractivity contribution in [3.8, 4) is 0 Å². The van der Waals surface area contributed by atoms with Crippen molar-refractivity contribution in [1.82, 2.24) is 5.43 Å². The number of para-hydroxylation sites is 1. The topological polar surface area (TPSA) is 53.5 Å². The number of nitrogens with zero attached hydrogens (tertiary/aromatic N) is 1. The average molecular weight is 271 g/mol. The minimum atomic E-state index is -0.433. The molecule has 4 nitrogen and oxygen atoms in total. The second-order valence-electron chi connectivity index (χ2n) is 4.14. The van der Waals surface area contributed by atoms with Crippen molar-refractivity contribution in [1.29, 1.82) is 0 Å². The molecule has 102 valence electrons. The predicted octanol–water partition coefficient (Wildman–Crippen LogP) is 3.37. The van der Waals surface area contributed by atoms with Crippen LogP contribution >= 0.6 is 0 Å². The van der Waals surface area contributed by atoms with Crippen LogP contribution in [0.3, 0.4) is 0 Å². The average Bonchev–Trinajstić information content (AvgIpc) is 2.46. The van der Waals surface area contributed by atoms with Crippen LogP contribution in [0.2, 0.25) is 0 Å². The van der Waals surface area contributed by atoms with Gasteiger partial charge in [-0.1, -0.05) is 30.3 Å². The van der Waals surface area contributed by atoms with E-state index in [0.29, 0.717) is 11.4 Å². The summed E-state index contributed by atoms with van der Waals surface area (Å²) >= 11 is 0. The number of carbonyl (C=O) groups is 1. The van der Waals surface area contributed by atoms with Crippen LogP contribution in [-0.2, 0) is 0 Å². The summed E-state index contributed by atoms with van der Waals surface area (Å²) in [6.45, 7) is 1.73. The molecule has 0 radical (unpaired) electrons. The van der Waals surface area contributed by atoms with Crippen LogP contribution in [0.15, 0.2) is 59.7 Å². The zero-order chi connectivity index (χ0) is 14.4. The lowest BCUT2D eigenvalue weighted by atomic mass is 10.1. The molecular formula is C15H14FN3O. The van der Waals surface area contributed by atoms with Crippen LogP contribution in [0.25, 0.3) is 0 Å². The van der Waals surface area contributed by atoms with Gasteiger partial charge in [0.2, 0.25) is 0 Å². The van der Waals surface area contributed by atoms with Gasteiger partial charge in [0.25, 0.3) is 0 Å². The molecule has 2 aromatic carbocycles. The Kier molecular flexibility index (Phi) is 4.44. The van der Waals surface area contributed by atoms with E-state index in [2.05, 4.69) is 15.8 Å². The first-order valence-electron chi connectivity index (χ1n) is 6.07. The molecule has 0 heterocycles. The Morgan fingerprint density at radius 3 is 2.35 bits per heavy atom. The van der Waals surface area contributed by atoms with Gasteiger partial charge in [-0.05, 0) is 36.8 Å². The number of hydrogen-bond donors (Lipinski definition) is 2. The van der Waals surface area contributed by atoms with Gasteiger partial charge in [0.05, 0.1) is 5.71 Å². The smallest absolute Gasteiger partial charge is 0.307 e. The Bertz CT molecular complexity index is 609. The third kappa shape index (κ3) is 3.91. The van der Waals surface area contributed by atoms with Crippen LogP contribution < -0.4 is 10.7 Å². The molecule has 0 aliphatic rings. The number of halogens is 1. The van der Waals surface area contributed by atoms with Gasteiger partial charge in [0.15, 0.2) is 0 Å². The van der Waals surface area contributed by atoms with E-state index in [0.717, 1.165) is 5.56 Å². The van der Waals surface area contributed by atoms with Gasteiger partial charge in [0, 0.05) is 5.69 Å². The van der Waals surface area contributed by atoms with E-state index < -0.39 is 6.03 Å². The summed E-state index contributed by atoms with van der Waals surface area (Å²) in [7, 11) is 0. The molecule has 0 saturated carbocycles. The first-order chi connectivity index (χ1) is 9.65. The standard InChI is InChI=1S/C15H14FN3O/c1-11(12-7-9-13(16)10-8-12)18-19-15(20)17-14-5-3-2-4-6-14/h2-10H,1H3,(H2,17,19,20)/b18-11-. The van der Waals surface area contributed by atoms with Gasteiger partial charge in [0.1, 0.15) is 5.82 Å². The monoisotopic (exact) mass is 271 g/mol. The van der Waals surface area contributed by atoms with Crippen LogP contribution in [0, 0.1) is 5.82 Å². The molecule has 0 saturated heterocycles. The highest BCUT2D eigenvalue weighted by Crippen LogP contribution is 2.05. The third-order valence-electron chi connectivity index (χ3n) is 2.62. The molecule has 0 spiro atoms. The van der Waals surface area contributed by atoms with Gasteiger partial charge >= 0.3 is 6.03 Å². The number of carbonyl (C=O) groups excluding carboxylic acids is 1. The molecule has 0 aromatic heterocycles. The lowest BCUT2D eigenvalue weighted by Crippen LogP contribution is -2.25. The Hall–Kier alpha value is -2.69. The summed E-state index contributed by atoms with van der Waals surface area (Å²) in [6.07, 6.45) is 0. The minimum absolute atomic E-state index is 0.309. The second-order valence-corrected chi connectivity index (χ2v) is 4.14. The largest absolute Gasteiger partial charge is 0.339 e. The van der Waals surface area contributed by atoms with Crippen LogP contribution in [0.4, 0.5) is 14.9 Å². The van der Waals surface area contributed by atoms with E-state index in [9.17, 15) is 9.18 Å². The molecule has 5 heteroatoms. The Morgan fingerprint density at radius 2 is 1.70 bits per heavy atom. The van der Waals surface area contributed by atoms with Crippen molar-refractivity contribution >= 4 is 17.4 Å². The molecular weight excluding hydrogens is 257 g/mol. The summed E-state index contributed by atoms with van der Waals surface area (Å²) < 4.78 is 12.8. The van der Waals surface area contributed by atoms with Gasteiger partial charge in [-0.25, -0.2) is 14.6 Å². The Labute approximate surface area is 116 Å². The minimum Gasteiger partial charge on any atom is -0.307 e. The van der Waals surface area contributed by atoms with E-state index in [-0.39, 0.29) is 5.82 Å². The molecule has 20 heavy (non-hydrogen) atoms. The summed E-state index contributed by atoms with van der Waals surface area (Å²) in [5.74, 6) is -0.309. The lowest BCUT2D eigenvalue weighted by molar-refractivity contribution is 0.252. The fraction of sp³-hybridized carbons (Fsp3) is 0.0667. The van der Waals surface area contributed by atoms with Gasteiger partial charge < -0.3 is 5.32 Å². The highest BCUT2D eigenvalue weighted by atomic mass is 19.1. The van der Waals surface area contributed by atoms with Crippen LogP contribution in [0.1, 0.15) is 12.5 Å². The number of urea groups is 1. The van der Waals surface area contributed by atoms with E-state index in [1.807, 2.05) is 18.2 Å². The highest BCUT2D eigenvalue weighted by Gasteiger charge is 2.01. The number of hydrogen-bond acceptors (Lipinski definition) is 2. The maximum atomic E-state index is 12.8. The van der Waals surface area contributed by atoms with Crippen molar-refractivity contribution in [3.05, 3.63) is 66.0 Å². The summed E-state index contributed by atoms with van der Waals surface area (Å²) in [5, 5.41) is 6.59. The number of amides is 2. The van der Waals surface area contributed by atoms with E-state index in [4.69, 9.17) is 0 Å². The SMILES string of the molecule is C/C(=N/NC(=O)Nc1ccccc1)c1ccc(F)cc1. The Morgan fingerprint density at radius 1 is 1.05 bits per heavy atom. The summed E-state index contributed by atoms with van der Waals surface area (Å²) in [6, 6.07) is 14.5. The zero-order valence-corrected chi connectivity index (χ0v) is 10.9. The Balaban J connectivity index is 1.95. The molecule has 2 aromatic rings. The quantitative estimate of drug-likeness (QED) is 0.652. The normalized spacial score (nSPS) is 11.0.